The lowest BCUT2D eigenvalue weighted by molar-refractivity contribution is -0.115. The van der Waals surface area contributed by atoms with Crippen LogP contribution in [0, 0.1) is 5.82 Å². The van der Waals surface area contributed by atoms with Gasteiger partial charge in [0.2, 0.25) is 5.91 Å². The highest BCUT2D eigenvalue weighted by atomic mass is 32.2. The molecule has 1 aromatic heterocycles. The molecule has 124 valence electrons. The molecule has 1 N–H and O–H groups in total. The van der Waals surface area contributed by atoms with Crippen LogP contribution >= 0.6 is 11.8 Å². The van der Waals surface area contributed by atoms with Gasteiger partial charge in [-0.25, -0.2) is 4.39 Å². The summed E-state index contributed by atoms with van der Waals surface area (Å²) in [5.74, 6) is -0.567. The molecule has 1 atom stereocenters. The number of hydrogen-bond acceptors (Lipinski definition) is 4. The first-order valence-corrected chi connectivity index (χ1v) is 8.59. The number of carbonyl (C=O) groups excluding carboxylic acids is 1. The summed E-state index contributed by atoms with van der Waals surface area (Å²) >= 11 is 1.35. The minimum atomic E-state index is -0.376. The van der Waals surface area contributed by atoms with Crippen LogP contribution in [0.25, 0.3) is 0 Å². The Morgan fingerprint density at radius 2 is 2.26 bits per heavy atom. The van der Waals surface area contributed by atoms with Crippen molar-refractivity contribution in [3.63, 3.8) is 0 Å². The molecule has 1 heterocycles. The summed E-state index contributed by atoms with van der Waals surface area (Å²) in [5.41, 5.74) is 0.451. The Morgan fingerprint density at radius 3 is 3.00 bits per heavy atom. The largest absolute Gasteiger partial charge is 0.325 e. The molecular weight excluding hydrogens is 315 g/mol. The molecule has 23 heavy (non-hydrogen) atoms. The van der Waals surface area contributed by atoms with Crippen molar-refractivity contribution in [3.05, 3.63) is 36.4 Å². The van der Waals surface area contributed by atoms with Crippen LogP contribution in [0.15, 0.2) is 35.7 Å². The van der Waals surface area contributed by atoms with Crippen molar-refractivity contribution in [2.45, 2.75) is 50.1 Å². The third-order valence-corrected chi connectivity index (χ3v) is 4.42. The SMILES string of the molecule is CCCCCn1cnnc1S[C@@H](C)C(=O)Nc1cccc(F)c1. The van der Waals surface area contributed by atoms with Gasteiger partial charge < -0.3 is 9.88 Å². The fraction of sp³-hybridized carbons (Fsp3) is 0.438. The summed E-state index contributed by atoms with van der Waals surface area (Å²) in [5, 5.41) is 11.1. The van der Waals surface area contributed by atoms with Gasteiger partial charge in [-0.1, -0.05) is 37.6 Å². The van der Waals surface area contributed by atoms with E-state index in [4.69, 9.17) is 0 Å². The second-order valence-electron chi connectivity index (χ2n) is 5.27. The highest BCUT2D eigenvalue weighted by Gasteiger charge is 2.18. The van der Waals surface area contributed by atoms with Crippen LogP contribution in [-0.4, -0.2) is 25.9 Å². The Hall–Kier alpha value is -1.89. The molecule has 0 radical (unpaired) electrons. The van der Waals surface area contributed by atoms with Gasteiger partial charge in [-0.3, -0.25) is 4.79 Å². The van der Waals surface area contributed by atoms with Crippen LogP contribution in [0.1, 0.15) is 33.1 Å². The number of nitrogens with zero attached hydrogens (tertiary/aromatic N) is 3. The van der Waals surface area contributed by atoms with Gasteiger partial charge in [0.05, 0.1) is 5.25 Å². The van der Waals surface area contributed by atoms with Crippen LogP contribution in [0.5, 0.6) is 0 Å². The molecule has 0 saturated heterocycles. The van der Waals surface area contributed by atoms with E-state index in [1.165, 1.54) is 23.9 Å². The highest BCUT2D eigenvalue weighted by molar-refractivity contribution is 8.00. The molecule has 0 unspecified atom stereocenters. The Kier molecular flexibility index (Phi) is 6.58. The van der Waals surface area contributed by atoms with Crippen molar-refractivity contribution in [1.29, 1.82) is 0 Å². The molecule has 0 aliphatic heterocycles. The number of benzene rings is 1. The second-order valence-corrected chi connectivity index (χ2v) is 6.58. The maximum absolute atomic E-state index is 13.1. The maximum atomic E-state index is 13.1. The van der Waals surface area contributed by atoms with Crippen molar-refractivity contribution in [1.82, 2.24) is 14.8 Å². The standard InChI is InChI=1S/C16H21FN4OS/c1-3-4-5-9-21-11-18-20-16(21)23-12(2)15(22)19-14-8-6-7-13(17)10-14/h6-8,10-12H,3-5,9H2,1-2H3,(H,19,22)/t12-/m0/s1. The van der Waals surface area contributed by atoms with E-state index in [1.54, 1.807) is 25.4 Å². The zero-order valence-corrected chi connectivity index (χ0v) is 14.1. The Balaban J connectivity index is 1.92. The van der Waals surface area contributed by atoms with E-state index < -0.39 is 0 Å². The summed E-state index contributed by atoms with van der Waals surface area (Å²) < 4.78 is 15.1. The summed E-state index contributed by atoms with van der Waals surface area (Å²) in [4.78, 5) is 12.2. The Labute approximate surface area is 139 Å². The molecule has 5 nitrogen and oxygen atoms in total. The fourth-order valence-electron chi connectivity index (χ4n) is 2.04. The number of halogens is 1. The topological polar surface area (TPSA) is 59.8 Å². The van der Waals surface area contributed by atoms with Crippen LogP contribution < -0.4 is 5.32 Å². The van der Waals surface area contributed by atoms with Gasteiger partial charge in [0.25, 0.3) is 0 Å². The van der Waals surface area contributed by atoms with Crippen LogP contribution in [-0.2, 0) is 11.3 Å². The fourth-order valence-corrected chi connectivity index (χ4v) is 2.89. The third-order valence-electron chi connectivity index (χ3n) is 3.33. The lowest BCUT2D eigenvalue weighted by atomic mass is 10.2. The summed E-state index contributed by atoms with van der Waals surface area (Å²) in [6.45, 7) is 4.80. The Bertz CT molecular complexity index is 647. The van der Waals surface area contributed by atoms with E-state index in [1.807, 2.05) is 4.57 Å². The first kappa shape index (κ1) is 17.5. The van der Waals surface area contributed by atoms with Crippen LogP contribution in [0.2, 0.25) is 0 Å². The summed E-state index contributed by atoms with van der Waals surface area (Å²) in [7, 11) is 0. The molecule has 1 amide bonds. The van der Waals surface area contributed by atoms with Gasteiger partial charge in [-0.05, 0) is 31.5 Å². The quantitative estimate of drug-likeness (QED) is 0.589. The number of rotatable bonds is 8. The van der Waals surface area contributed by atoms with Crippen molar-refractivity contribution in [2.75, 3.05) is 5.32 Å². The predicted molar refractivity (Wildman–Crippen MR) is 89.9 cm³/mol. The smallest absolute Gasteiger partial charge is 0.237 e. The molecule has 0 spiro atoms. The van der Waals surface area contributed by atoms with E-state index in [0.29, 0.717) is 5.69 Å². The predicted octanol–water partition coefficient (Wildman–Crippen LogP) is 3.73. The third kappa shape index (κ3) is 5.35. The highest BCUT2D eigenvalue weighted by Crippen LogP contribution is 2.22. The number of amides is 1. The number of unbranched alkanes of at least 4 members (excludes halogenated alkanes) is 2. The molecule has 2 aromatic rings. The number of carbonyl (C=O) groups is 1. The van der Waals surface area contributed by atoms with Gasteiger partial charge >= 0.3 is 0 Å². The molecule has 0 aliphatic carbocycles. The number of aryl methyl sites for hydroxylation is 1. The van der Waals surface area contributed by atoms with Crippen molar-refractivity contribution in [3.8, 4) is 0 Å². The van der Waals surface area contributed by atoms with E-state index in [-0.39, 0.29) is 17.0 Å². The van der Waals surface area contributed by atoms with E-state index >= 15 is 0 Å². The van der Waals surface area contributed by atoms with Crippen molar-refractivity contribution >= 4 is 23.4 Å². The van der Waals surface area contributed by atoms with Crippen LogP contribution in [0.3, 0.4) is 0 Å². The van der Waals surface area contributed by atoms with Gasteiger partial charge in [0.1, 0.15) is 12.1 Å². The van der Waals surface area contributed by atoms with E-state index in [9.17, 15) is 9.18 Å². The van der Waals surface area contributed by atoms with Gasteiger partial charge in [-0.2, -0.15) is 0 Å². The molecule has 0 aliphatic rings. The minimum Gasteiger partial charge on any atom is -0.325 e. The average molecular weight is 336 g/mol. The minimum absolute atomic E-state index is 0.191. The summed E-state index contributed by atoms with van der Waals surface area (Å²) in [6, 6.07) is 5.86. The molecule has 7 heteroatoms. The lowest BCUT2D eigenvalue weighted by Crippen LogP contribution is -2.23. The van der Waals surface area contributed by atoms with Crippen LogP contribution in [0.4, 0.5) is 10.1 Å². The summed E-state index contributed by atoms with van der Waals surface area (Å²) in [6.07, 6.45) is 5.05. The Morgan fingerprint density at radius 1 is 1.43 bits per heavy atom. The average Bonchev–Trinajstić information content (AvgIpc) is 2.95. The molecule has 1 aromatic carbocycles. The van der Waals surface area contributed by atoms with E-state index in [0.717, 1.165) is 31.0 Å². The number of anilines is 1. The molecule has 0 bridgehead atoms. The van der Waals surface area contributed by atoms with Gasteiger partial charge in [-0.15, -0.1) is 10.2 Å². The molecule has 0 saturated carbocycles. The number of nitrogens with one attached hydrogen (secondary N) is 1. The molecule has 2 rings (SSSR count). The van der Waals surface area contributed by atoms with E-state index in [2.05, 4.69) is 22.4 Å². The van der Waals surface area contributed by atoms with Crippen molar-refractivity contribution < 1.29 is 9.18 Å². The maximum Gasteiger partial charge on any atom is 0.237 e. The zero-order valence-electron chi connectivity index (χ0n) is 13.3. The molecular formula is C16H21FN4OS. The monoisotopic (exact) mass is 336 g/mol. The normalized spacial score (nSPS) is 12.1. The first-order valence-electron chi connectivity index (χ1n) is 7.71. The number of hydrogen-bond donors (Lipinski definition) is 1. The van der Waals surface area contributed by atoms with Gasteiger partial charge in [0.15, 0.2) is 5.16 Å². The zero-order chi connectivity index (χ0) is 16.7. The second kappa shape index (κ2) is 8.67. The van der Waals surface area contributed by atoms with Crippen molar-refractivity contribution in [2.24, 2.45) is 0 Å². The first-order chi connectivity index (χ1) is 11.1. The number of aromatic nitrogens is 3. The lowest BCUT2D eigenvalue weighted by Gasteiger charge is -2.12. The molecule has 0 fully saturated rings. The number of thioether (sulfide) groups is 1. The van der Waals surface area contributed by atoms with Gasteiger partial charge in [0, 0.05) is 12.2 Å².